The number of aryl methyl sites for hydroxylation is 1. The Morgan fingerprint density at radius 2 is 1.81 bits per heavy atom. The molecule has 0 fully saturated rings. The van der Waals surface area contributed by atoms with Crippen molar-refractivity contribution in [3.05, 3.63) is 101 Å². The van der Waals surface area contributed by atoms with E-state index in [4.69, 9.17) is 9.73 Å². The van der Waals surface area contributed by atoms with Crippen LogP contribution in [0.25, 0.3) is 0 Å². The predicted octanol–water partition coefficient (Wildman–Crippen LogP) is 4.94. The molecular formula is C24H18N4O2S. The number of hydrogen-bond acceptors (Lipinski definition) is 6. The number of ether oxygens (including phenoxy) is 1. The lowest BCUT2D eigenvalue weighted by Crippen LogP contribution is -2.30. The summed E-state index contributed by atoms with van der Waals surface area (Å²) in [6, 6.07) is 22.6. The van der Waals surface area contributed by atoms with Crippen molar-refractivity contribution in [3.63, 3.8) is 0 Å². The van der Waals surface area contributed by atoms with E-state index in [0.29, 0.717) is 28.8 Å². The third-order valence-electron chi connectivity index (χ3n) is 4.80. The quantitative estimate of drug-likeness (QED) is 0.541. The van der Waals surface area contributed by atoms with Crippen LogP contribution in [-0.2, 0) is 0 Å². The highest BCUT2D eigenvalue weighted by molar-refractivity contribution is 7.98. The molecule has 0 saturated heterocycles. The molecule has 6 bridgehead atoms. The van der Waals surface area contributed by atoms with Gasteiger partial charge >= 0.3 is 0 Å². The Balaban J connectivity index is 1.63. The molecule has 0 spiro atoms. The molecule has 2 N–H and O–H groups in total. The fourth-order valence-corrected chi connectivity index (χ4v) is 3.90. The molecule has 2 aliphatic rings. The van der Waals surface area contributed by atoms with Gasteiger partial charge < -0.3 is 10.1 Å². The molecule has 2 aliphatic heterocycles. The molecule has 2 heterocycles. The van der Waals surface area contributed by atoms with Gasteiger partial charge in [-0.2, -0.15) is 4.40 Å². The Bertz CT molecular complexity index is 1280. The highest BCUT2D eigenvalue weighted by Crippen LogP contribution is 2.25. The molecular weight excluding hydrogens is 408 g/mol. The van der Waals surface area contributed by atoms with Crippen LogP contribution in [0.4, 0.5) is 5.69 Å². The normalized spacial score (nSPS) is 15.3. The first-order chi connectivity index (χ1) is 15.1. The summed E-state index contributed by atoms with van der Waals surface area (Å²) >= 11 is 1.27. The summed E-state index contributed by atoms with van der Waals surface area (Å²) in [5.74, 6) is 1.25. The first-order valence-corrected chi connectivity index (χ1v) is 10.5. The van der Waals surface area contributed by atoms with Crippen LogP contribution >= 0.6 is 11.9 Å². The lowest BCUT2D eigenvalue weighted by molar-refractivity contribution is 0.102. The zero-order valence-corrected chi connectivity index (χ0v) is 17.4. The standard InChI is InChI=1S/C24H18N4O2S/c1-15-6-2-3-11-20(15)21-14-22-27-24(26-21)28-31-19-10-5-8-17(13-19)25-23(29)16-7-4-9-18(12-16)30-22/h2-14H,1H3,(H,25,29)(H,26,27,28). The van der Waals surface area contributed by atoms with E-state index in [0.717, 1.165) is 21.7 Å². The average molecular weight is 427 g/mol. The van der Waals surface area contributed by atoms with Crippen molar-refractivity contribution >= 4 is 35.2 Å². The van der Waals surface area contributed by atoms with Gasteiger partial charge in [0.25, 0.3) is 5.91 Å². The molecule has 0 aromatic heterocycles. The maximum absolute atomic E-state index is 12.7. The number of nitrogens with one attached hydrogen (secondary N) is 2. The van der Waals surface area contributed by atoms with Crippen LogP contribution < -0.4 is 15.4 Å². The first-order valence-electron chi connectivity index (χ1n) is 9.72. The molecule has 0 atom stereocenters. The first kappa shape index (κ1) is 19.1. The van der Waals surface area contributed by atoms with Gasteiger partial charge in [-0.05, 0) is 48.9 Å². The summed E-state index contributed by atoms with van der Waals surface area (Å²) in [5, 5.41) is 6.05. The number of hydrogen-bond donors (Lipinski definition) is 2. The van der Waals surface area contributed by atoms with Gasteiger partial charge in [0.15, 0.2) is 0 Å². The summed E-state index contributed by atoms with van der Waals surface area (Å²) in [6.45, 7) is 2.04. The minimum absolute atomic E-state index is 0.207. The van der Waals surface area contributed by atoms with E-state index in [2.05, 4.69) is 15.0 Å². The molecule has 31 heavy (non-hydrogen) atoms. The minimum atomic E-state index is -0.207. The number of benzene rings is 3. The van der Waals surface area contributed by atoms with Gasteiger partial charge in [0.1, 0.15) is 5.75 Å². The molecule has 3 aromatic carbocycles. The maximum atomic E-state index is 12.7. The molecule has 0 radical (unpaired) electrons. The Morgan fingerprint density at radius 3 is 2.71 bits per heavy atom. The third-order valence-corrected chi connectivity index (χ3v) is 5.53. The molecule has 0 unspecified atom stereocenters. The van der Waals surface area contributed by atoms with Crippen molar-refractivity contribution in [2.75, 3.05) is 5.32 Å². The smallest absolute Gasteiger partial charge is 0.255 e. The third kappa shape index (κ3) is 4.22. The number of aliphatic imine (C=N–C) groups is 1. The van der Waals surface area contributed by atoms with Gasteiger partial charge in [0.05, 0.1) is 5.71 Å². The SMILES string of the molecule is Cc1ccccc1C1=NC2=NSc3cccc(c3)NC(=O)c3cccc(c3)OC(=C1)N2. The molecule has 1 amide bonds. The number of carbonyl (C=O) groups is 1. The Kier molecular flexibility index (Phi) is 5.01. The second-order valence-corrected chi connectivity index (χ2v) is 7.90. The van der Waals surface area contributed by atoms with Gasteiger partial charge in [-0.25, -0.2) is 4.99 Å². The molecule has 152 valence electrons. The molecule has 3 aromatic rings. The Hall–Kier alpha value is -3.84. The van der Waals surface area contributed by atoms with E-state index in [1.165, 1.54) is 11.9 Å². The molecule has 0 saturated carbocycles. The number of anilines is 1. The lowest BCUT2D eigenvalue weighted by Gasteiger charge is -2.19. The van der Waals surface area contributed by atoms with Crippen LogP contribution in [0.15, 0.2) is 99.0 Å². The summed E-state index contributed by atoms with van der Waals surface area (Å²) < 4.78 is 10.6. The van der Waals surface area contributed by atoms with Gasteiger partial charge in [-0.1, -0.05) is 36.4 Å². The van der Waals surface area contributed by atoms with Crippen LogP contribution in [0.3, 0.4) is 0 Å². The highest BCUT2D eigenvalue weighted by Gasteiger charge is 2.17. The fraction of sp³-hybridized carbons (Fsp3) is 0.0417. The maximum Gasteiger partial charge on any atom is 0.255 e. The van der Waals surface area contributed by atoms with Crippen LogP contribution in [0.1, 0.15) is 21.5 Å². The van der Waals surface area contributed by atoms with E-state index >= 15 is 0 Å². The zero-order valence-electron chi connectivity index (χ0n) is 16.6. The van der Waals surface area contributed by atoms with Gasteiger partial charge in [-0.15, -0.1) is 0 Å². The van der Waals surface area contributed by atoms with Crippen molar-refractivity contribution in [1.82, 2.24) is 5.32 Å². The average Bonchev–Trinajstić information content (AvgIpc) is 2.78. The molecule has 0 aliphatic carbocycles. The van der Waals surface area contributed by atoms with Crippen molar-refractivity contribution in [2.24, 2.45) is 9.39 Å². The van der Waals surface area contributed by atoms with E-state index in [-0.39, 0.29) is 5.91 Å². The van der Waals surface area contributed by atoms with Gasteiger partial charge in [0, 0.05) is 39.7 Å². The van der Waals surface area contributed by atoms with E-state index in [1.54, 1.807) is 24.3 Å². The molecule has 6 nitrogen and oxygen atoms in total. The fourth-order valence-electron chi connectivity index (χ4n) is 3.30. The minimum Gasteiger partial charge on any atom is -0.441 e. The summed E-state index contributed by atoms with van der Waals surface area (Å²) in [5.41, 5.74) is 4.05. The molecule has 5 rings (SSSR count). The summed E-state index contributed by atoms with van der Waals surface area (Å²) in [4.78, 5) is 18.3. The Labute approximate surface area is 183 Å². The van der Waals surface area contributed by atoms with Crippen LogP contribution in [-0.4, -0.2) is 17.6 Å². The van der Waals surface area contributed by atoms with Crippen LogP contribution in [0, 0.1) is 6.92 Å². The number of amides is 1. The van der Waals surface area contributed by atoms with Crippen molar-refractivity contribution in [3.8, 4) is 5.75 Å². The van der Waals surface area contributed by atoms with Crippen molar-refractivity contribution < 1.29 is 9.53 Å². The summed E-state index contributed by atoms with van der Waals surface area (Å²) in [6.07, 6.45) is 1.84. The van der Waals surface area contributed by atoms with E-state index in [1.807, 2.05) is 61.5 Å². The predicted molar refractivity (Wildman–Crippen MR) is 124 cm³/mol. The number of carbonyl (C=O) groups excluding carboxylic acids is 1. The van der Waals surface area contributed by atoms with Crippen molar-refractivity contribution in [1.29, 1.82) is 0 Å². The Morgan fingerprint density at radius 1 is 0.935 bits per heavy atom. The number of nitrogens with zero attached hydrogens (tertiary/aromatic N) is 2. The number of guanidine groups is 1. The van der Waals surface area contributed by atoms with E-state index < -0.39 is 0 Å². The number of allylic oxidation sites excluding steroid dienone is 1. The van der Waals surface area contributed by atoms with Crippen LogP contribution in [0.5, 0.6) is 5.75 Å². The van der Waals surface area contributed by atoms with E-state index in [9.17, 15) is 4.79 Å². The second kappa shape index (κ2) is 8.12. The lowest BCUT2D eigenvalue weighted by atomic mass is 10.0. The summed E-state index contributed by atoms with van der Waals surface area (Å²) in [7, 11) is 0. The second-order valence-electron chi connectivity index (χ2n) is 7.06. The van der Waals surface area contributed by atoms with Crippen LogP contribution in [0.2, 0.25) is 0 Å². The zero-order chi connectivity index (χ0) is 21.2. The number of fused-ring (bicyclic) bond motifs is 6. The van der Waals surface area contributed by atoms with Gasteiger partial charge in [0.2, 0.25) is 11.8 Å². The van der Waals surface area contributed by atoms with Crippen molar-refractivity contribution in [2.45, 2.75) is 11.8 Å². The monoisotopic (exact) mass is 426 g/mol. The molecule has 7 heteroatoms. The highest BCUT2D eigenvalue weighted by atomic mass is 32.2. The number of rotatable bonds is 1. The topological polar surface area (TPSA) is 75.1 Å². The van der Waals surface area contributed by atoms with Gasteiger partial charge in [-0.3, -0.25) is 10.1 Å². The largest absolute Gasteiger partial charge is 0.441 e.